The lowest BCUT2D eigenvalue weighted by Gasteiger charge is -2.30. The van der Waals surface area contributed by atoms with E-state index < -0.39 is 10.0 Å². The normalized spacial score (nSPS) is 18.2. The van der Waals surface area contributed by atoms with Gasteiger partial charge in [0, 0.05) is 12.7 Å². The number of nitrogens with two attached hydrogens (primary N) is 1. The van der Waals surface area contributed by atoms with E-state index in [0.29, 0.717) is 18.3 Å². The first kappa shape index (κ1) is 15.2. The first-order valence-electron chi connectivity index (χ1n) is 6.95. The summed E-state index contributed by atoms with van der Waals surface area (Å²) >= 11 is 0. The lowest BCUT2D eigenvalue weighted by Crippen LogP contribution is -2.38. The van der Waals surface area contributed by atoms with Crippen molar-refractivity contribution in [3.63, 3.8) is 0 Å². The number of hydrogen-bond acceptors (Lipinski definition) is 5. The molecule has 1 saturated heterocycles. The Labute approximate surface area is 120 Å². The van der Waals surface area contributed by atoms with Crippen molar-refractivity contribution in [1.29, 1.82) is 0 Å². The molecular formula is C13H22N4O2S. The number of nitrogen functional groups attached to an aromatic ring is 1. The van der Waals surface area contributed by atoms with Gasteiger partial charge in [-0.25, -0.2) is 18.1 Å². The molecule has 1 aromatic rings. The van der Waals surface area contributed by atoms with E-state index in [2.05, 4.69) is 21.5 Å². The lowest BCUT2D eigenvalue weighted by atomic mass is 9.97. The van der Waals surface area contributed by atoms with Crippen molar-refractivity contribution in [2.75, 3.05) is 31.9 Å². The van der Waals surface area contributed by atoms with Crippen LogP contribution < -0.4 is 10.5 Å². The highest BCUT2D eigenvalue weighted by atomic mass is 32.2. The number of nitrogens with zero attached hydrogens (tertiary/aromatic N) is 2. The van der Waals surface area contributed by atoms with E-state index in [1.807, 2.05) is 0 Å². The predicted molar refractivity (Wildman–Crippen MR) is 78.7 cm³/mol. The van der Waals surface area contributed by atoms with Crippen LogP contribution in [0.2, 0.25) is 0 Å². The summed E-state index contributed by atoms with van der Waals surface area (Å²) in [4.78, 5) is 6.36. The molecule has 20 heavy (non-hydrogen) atoms. The summed E-state index contributed by atoms with van der Waals surface area (Å²) in [5.41, 5.74) is 5.46. The molecule has 0 atom stereocenters. The summed E-state index contributed by atoms with van der Waals surface area (Å²) in [6, 6.07) is 2.97. The molecule has 6 nitrogen and oxygen atoms in total. The van der Waals surface area contributed by atoms with Gasteiger partial charge in [-0.2, -0.15) is 0 Å². The van der Waals surface area contributed by atoms with Crippen LogP contribution in [0.3, 0.4) is 0 Å². The molecule has 1 aromatic heterocycles. The molecule has 3 N–H and O–H groups in total. The fraction of sp³-hybridized carbons (Fsp3) is 0.615. The number of hydrogen-bond donors (Lipinski definition) is 2. The van der Waals surface area contributed by atoms with Gasteiger partial charge in [0.1, 0.15) is 10.7 Å². The highest BCUT2D eigenvalue weighted by molar-refractivity contribution is 7.89. The number of pyridine rings is 1. The van der Waals surface area contributed by atoms with Crippen LogP contribution >= 0.6 is 0 Å². The molecule has 2 heterocycles. The molecule has 7 heteroatoms. The summed E-state index contributed by atoms with van der Waals surface area (Å²) < 4.78 is 26.9. The zero-order chi connectivity index (χ0) is 14.6. The van der Waals surface area contributed by atoms with Crippen LogP contribution in [-0.2, 0) is 10.0 Å². The third-order valence-electron chi connectivity index (χ3n) is 3.79. The van der Waals surface area contributed by atoms with Crippen LogP contribution in [0.25, 0.3) is 0 Å². The fourth-order valence-corrected chi connectivity index (χ4v) is 3.43. The topological polar surface area (TPSA) is 88.3 Å². The van der Waals surface area contributed by atoms with Crippen LogP contribution in [0.5, 0.6) is 0 Å². The van der Waals surface area contributed by atoms with Crippen molar-refractivity contribution in [1.82, 2.24) is 14.6 Å². The summed E-state index contributed by atoms with van der Waals surface area (Å²) in [5.74, 6) is 0.727. The second-order valence-electron chi connectivity index (χ2n) is 5.15. The highest BCUT2D eigenvalue weighted by Gasteiger charge is 2.21. The Bertz CT molecular complexity index is 522. The molecule has 1 aliphatic heterocycles. The van der Waals surface area contributed by atoms with E-state index in [1.165, 1.54) is 18.3 Å². The SMILES string of the molecule is CCN1CCC(CNS(=O)(=O)c2ccc(N)nc2)CC1. The van der Waals surface area contributed by atoms with Gasteiger partial charge in [-0.05, 0) is 50.5 Å². The number of anilines is 1. The number of rotatable bonds is 5. The first-order valence-corrected chi connectivity index (χ1v) is 8.43. The minimum atomic E-state index is -3.48. The molecule has 112 valence electrons. The van der Waals surface area contributed by atoms with Gasteiger partial charge in [0.2, 0.25) is 10.0 Å². The van der Waals surface area contributed by atoms with Crippen molar-refractivity contribution in [2.24, 2.45) is 5.92 Å². The molecule has 0 unspecified atom stereocenters. The Morgan fingerprint density at radius 2 is 2.10 bits per heavy atom. The van der Waals surface area contributed by atoms with Crippen LogP contribution in [0.15, 0.2) is 23.2 Å². The Balaban J connectivity index is 1.88. The van der Waals surface area contributed by atoms with Crippen LogP contribution in [0, 0.1) is 5.92 Å². The van der Waals surface area contributed by atoms with E-state index >= 15 is 0 Å². The van der Waals surface area contributed by atoms with E-state index in [4.69, 9.17) is 5.73 Å². The summed E-state index contributed by atoms with van der Waals surface area (Å²) in [6.45, 7) is 5.80. The van der Waals surface area contributed by atoms with Crippen molar-refractivity contribution in [3.8, 4) is 0 Å². The Kier molecular flexibility index (Phi) is 4.95. The van der Waals surface area contributed by atoms with Gasteiger partial charge in [0.15, 0.2) is 0 Å². The average molecular weight is 298 g/mol. The maximum Gasteiger partial charge on any atom is 0.242 e. The summed E-state index contributed by atoms with van der Waals surface area (Å²) in [5, 5.41) is 0. The standard InChI is InChI=1S/C13H22N4O2S/c1-2-17-7-5-11(6-8-17)9-16-20(18,19)12-3-4-13(14)15-10-12/h3-4,10-11,16H,2,5-9H2,1H3,(H2,14,15). The van der Waals surface area contributed by atoms with E-state index in [9.17, 15) is 8.42 Å². The zero-order valence-corrected chi connectivity index (χ0v) is 12.6. The van der Waals surface area contributed by atoms with Gasteiger partial charge in [0.25, 0.3) is 0 Å². The maximum atomic E-state index is 12.1. The third kappa shape index (κ3) is 3.91. The fourth-order valence-electron chi connectivity index (χ4n) is 2.37. The summed E-state index contributed by atoms with van der Waals surface area (Å²) in [7, 11) is -3.48. The smallest absolute Gasteiger partial charge is 0.242 e. The van der Waals surface area contributed by atoms with Gasteiger partial charge in [0.05, 0.1) is 0 Å². The monoisotopic (exact) mass is 298 g/mol. The molecule has 1 fully saturated rings. The molecule has 0 bridgehead atoms. The van der Waals surface area contributed by atoms with Crippen LogP contribution in [0.1, 0.15) is 19.8 Å². The molecule has 0 saturated carbocycles. The maximum absolute atomic E-state index is 12.1. The molecule has 0 aliphatic carbocycles. The van der Waals surface area contributed by atoms with Gasteiger partial charge in [-0.3, -0.25) is 0 Å². The van der Waals surface area contributed by atoms with Gasteiger partial charge in [-0.1, -0.05) is 6.92 Å². The van der Waals surface area contributed by atoms with E-state index in [1.54, 1.807) is 0 Å². The Morgan fingerprint density at radius 1 is 1.40 bits per heavy atom. The molecule has 0 radical (unpaired) electrons. The second-order valence-corrected chi connectivity index (χ2v) is 6.92. The summed E-state index contributed by atoms with van der Waals surface area (Å²) in [6.07, 6.45) is 3.37. The van der Waals surface area contributed by atoms with Crippen molar-refractivity contribution < 1.29 is 8.42 Å². The Hall–Kier alpha value is -1.18. The number of aromatic nitrogens is 1. The first-order chi connectivity index (χ1) is 9.51. The van der Waals surface area contributed by atoms with Crippen LogP contribution in [-0.4, -0.2) is 44.5 Å². The number of likely N-dealkylation sites (tertiary alicyclic amines) is 1. The molecular weight excluding hydrogens is 276 g/mol. The molecule has 1 aliphatic rings. The Morgan fingerprint density at radius 3 is 2.65 bits per heavy atom. The molecule has 0 spiro atoms. The molecule has 0 amide bonds. The van der Waals surface area contributed by atoms with Crippen molar-refractivity contribution in [3.05, 3.63) is 18.3 Å². The zero-order valence-electron chi connectivity index (χ0n) is 11.7. The number of sulfonamides is 1. The number of nitrogens with one attached hydrogen (secondary N) is 1. The average Bonchev–Trinajstić information content (AvgIpc) is 2.46. The second kappa shape index (κ2) is 6.51. The predicted octanol–water partition coefficient (Wildman–Crippen LogP) is 0.674. The highest BCUT2D eigenvalue weighted by Crippen LogP contribution is 2.17. The van der Waals surface area contributed by atoms with Gasteiger partial charge >= 0.3 is 0 Å². The van der Waals surface area contributed by atoms with Crippen LogP contribution in [0.4, 0.5) is 5.82 Å². The third-order valence-corrected chi connectivity index (χ3v) is 5.19. The minimum absolute atomic E-state index is 0.165. The molecule has 0 aromatic carbocycles. The minimum Gasteiger partial charge on any atom is -0.384 e. The quantitative estimate of drug-likeness (QED) is 0.834. The molecule has 2 rings (SSSR count). The van der Waals surface area contributed by atoms with Gasteiger partial charge < -0.3 is 10.6 Å². The van der Waals surface area contributed by atoms with Gasteiger partial charge in [-0.15, -0.1) is 0 Å². The van der Waals surface area contributed by atoms with E-state index in [-0.39, 0.29) is 4.90 Å². The lowest BCUT2D eigenvalue weighted by molar-refractivity contribution is 0.194. The van der Waals surface area contributed by atoms with E-state index in [0.717, 1.165) is 32.5 Å². The largest absolute Gasteiger partial charge is 0.384 e. The number of piperidine rings is 1. The van der Waals surface area contributed by atoms with Crippen molar-refractivity contribution in [2.45, 2.75) is 24.7 Å². The van der Waals surface area contributed by atoms with Crippen molar-refractivity contribution >= 4 is 15.8 Å².